The minimum absolute atomic E-state index is 0.0883. The van der Waals surface area contributed by atoms with Gasteiger partial charge in [0.1, 0.15) is 5.69 Å². The number of aromatic nitrogens is 3. The lowest BCUT2D eigenvalue weighted by Gasteiger charge is -2.25. The number of hydrogen-bond acceptors (Lipinski definition) is 12. The third-order valence-electron chi connectivity index (χ3n) is 7.88. The molecule has 5 aromatic rings. The smallest absolute Gasteiger partial charge is 0.338 e. The van der Waals surface area contributed by atoms with Gasteiger partial charge >= 0.3 is 17.6 Å². The molecule has 0 bridgehead atoms. The van der Waals surface area contributed by atoms with Gasteiger partial charge in [0.05, 0.1) is 53.8 Å². The van der Waals surface area contributed by atoms with E-state index in [4.69, 9.17) is 24.0 Å². The normalized spacial score (nSPS) is 14.1. The topological polar surface area (TPSA) is 166 Å². The lowest BCUT2D eigenvalue weighted by Crippen LogP contribution is -2.39. The van der Waals surface area contributed by atoms with E-state index in [1.165, 1.54) is 51.0 Å². The van der Waals surface area contributed by atoms with Crippen LogP contribution in [0, 0.1) is 10.1 Å². The first-order valence-electron chi connectivity index (χ1n) is 15.0. The van der Waals surface area contributed by atoms with Crippen LogP contribution in [0.5, 0.6) is 17.2 Å². The van der Waals surface area contributed by atoms with Crippen molar-refractivity contribution < 1.29 is 33.5 Å². The first-order valence-corrected chi connectivity index (χ1v) is 15.8. The molecule has 0 unspecified atom stereocenters. The lowest BCUT2D eigenvalue weighted by molar-refractivity contribution is -0.385. The van der Waals surface area contributed by atoms with Gasteiger partial charge in [-0.2, -0.15) is 5.10 Å². The molecule has 254 valence electrons. The summed E-state index contributed by atoms with van der Waals surface area (Å²) in [5, 5.41) is 16.6. The van der Waals surface area contributed by atoms with Gasteiger partial charge in [-0.25, -0.2) is 14.5 Å². The predicted octanol–water partition coefficient (Wildman–Crippen LogP) is 4.11. The third kappa shape index (κ3) is 6.17. The number of rotatable bonds is 9. The minimum Gasteiger partial charge on any atom is -0.493 e. The summed E-state index contributed by atoms with van der Waals surface area (Å²) in [7, 11) is 4.00. The van der Waals surface area contributed by atoms with E-state index in [0.717, 1.165) is 17.0 Å². The van der Waals surface area contributed by atoms with Crippen molar-refractivity contribution in [3.05, 3.63) is 125 Å². The molecule has 0 saturated carbocycles. The summed E-state index contributed by atoms with van der Waals surface area (Å²) in [4.78, 5) is 55.5. The van der Waals surface area contributed by atoms with E-state index in [1.807, 2.05) is 30.3 Å². The van der Waals surface area contributed by atoms with E-state index in [0.29, 0.717) is 32.9 Å². The van der Waals surface area contributed by atoms with Crippen LogP contribution in [0.25, 0.3) is 23.0 Å². The molecular weight excluding hydrogens is 666 g/mol. The van der Waals surface area contributed by atoms with Gasteiger partial charge in [0.2, 0.25) is 0 Å². The molecule has 2 aromatic heterocycles. The Bertz CT molecular complexity index is 2390. The lowest BCUT2D eigenvalue weighted by atomic mass is 9.95. The van der Waals surface area contributed by atoms with Gasteiger partial charge in [0, 0.05) is 30.3 Å². The number of nitro benzene ring substituents is 1. The van der Waals surface area contributed by atoms with Crippen molar-refractivity contribution in [2.45, 2.75) is 19.9 Å². The largest absolute Gasteiger partial charge is 0.493 e. The number of carbonyl (C=O) groups is 2. The summed E-state index contributed by atoms with van der Waals surface area (Å²) >= 11 is 1.10. The summed E-state index contributed by atoms with van der Waals surface area (Å²) in [5.41, 5.74) is 2.27. The molecule has 1 aliphatic rings. The average Bonchev–Trinajstić information content (AvgIpc) is 3.67. The van der Waals surface area contributed by atoms with Crippen molar-refractivity contribution in [2.75, 3.05) is 21.3 Å². The predicted molar refractivity (Wildman–Crippen MR) is 182 cm³/mol. The molecule has 1 atom stereocenters. The maximum Gasteiger partial charge on any atom is 0.338 e. The van der Waals surface area contributed by atoms with E-state index in [9.17, 15) is 24.5 Å². The number of hydrogen-bond donors (Lipinski definition) is 0. The molecular formula is C35H29N5O9S. The SMILES string of the molecule is COC(=O)C1=C(C)N=c2s/c(=C\c3cn(-c4ccccc4)nc3-c3ccc(OC)c([N+](=O)[O-])c3)c(=O)n2[C@H]1c1ccc(OC(C)=O)c(OC)c1. The highest BCUT2D eigenvalue weighted by atomic mass is 32.1. The van der Waals surface area contributed by atoms with E-state index in [-0.39, 0.29) is 33.0 Å². The molecule has 6 rings (SSSR count). The number of nitro groups is 1. The third-order valence-corrected chi connectivity index (χ3v) is 8.87. The highest BCUT2D eigenvalue weighted by Crippen LogP contribution is 2.37. The molecule has 0 amide bonds. The number of nitrogens with zero attached hydrogens (tertiary/aromatic N) is 5. The van der Waals surface area contributed by atoms with E-state index in [2.05, 4.69) is 4.99 Å². The Kier molecular flexibility index (Phi) is 9.15. The molecule has 0 aliphatic carbocycles. The van der Waals surface area contributed by atoms with Crippen molar-refractivity contribution in [2.24, 2.45) is 4.99 Å². The highest BCUT2D eigenvalue weighted by Gasteiger charge is 2.34. The van der Waals surface area contributed by atoms with Crippen LogP contribution < -0.4 is 29.1 Å². The zero-order valence-corrected chi connectivity index (χ0v) is 28.2. The highest BCUT2D eigenvalue weighted by molar-refractivity contribution is 7.07. The van der Waals surface area contributed by atoms with Crippen molar-refractivity contribution in [1.29, 1.82) is 0 Å². The quantitative estimate of drug-likeness (QED) is 0.0948. The fourth-order valence-corrected chi connectivity index (χ4v) is 6.69. The number of thiazole rings is 1. The number of para-hydroxylation sites is 1. The molecule has 0 fully saturated rings. The molecule has 0 saturated heterocycles. The standard InChI is InChI=1S/C35H29N5O9S/c1-19-30(34(43)48-5)32(22-12-14-27(49-20(2)41)28(16-22)47-4)39-33(42)29(50-35(39)36-19)17-23-18-38(24-9-7-6-8-10-24)37-31(23)21-11-13-26(46-3)25(15-21)40(44)45/h6-18,32H,1-5H3/b29-17-/t32-/m0/s1. The second-order valence-electron chi connectivity index (χ2n) is 10.9. The van der Waals surface area contributed by atoms with Gasteiger partial charge in [0.15, 0.2) is 22.0 Å². The molecule has 1 aliphatic heterocycles. The van der Waals surface area contributed by atoms with Crippen LogP contribution in [0.15, 0.2) is 94.0 Å². The van der Waals surface area contributed by atoms with Crippen molar-refractivity contribution in [3.63, 3.8) is 0 Å². The summed E-state index contributed by atoms with van der Waals surface area (Å²) in [5.74, 6) is -0.760. The Hall–Kier alpha value is -6.35. The van der Waals surface area contributed by atoms with Gasteiger partial charge in [0.25, 0.3) is 5.56 Å². The zero-order valence-electron chi connectivity index (χ0n) is 27.4. The summed E-state index contributed by atoms with van der Waals surface area (Å²) < 4.78 is 24.3. The molecule has 14 nitrogen and oxygen atoms in total. The summed E-state index contributed by atoms with van der Waals surface area (Å²) in [6.07, 6.45) is 3.36. The van der Waals surface area contributed by atoms with Crippen LogP contribution in [0.3, 0.4) is 0 Å². The van der Waals surface area contributed by atoms with Crippen LogP contribution in [0.4, 0.5) is 5.69 Å². The van der Waals surface area contributed by atoms with Crippen molar-refractivity contribution in [1.82, 2.24) is 14.3 Å². The fourth-order valence-electron chi connectivity index (χ4n) is 5.65. The molecule has 0 radical (unpaired) electrons. The number of methoxy groups -OCH3 is 3. The second-order valence-corrected chi connectivity index (χ2v) is 11.9. The van der Waals surface area contributed by atoms with Crippen LogP contribution in [-0.2, 0) is 14.3 Å². The molecule has 0 spiro atoms. The van der Waals surface area contributed by atoms with Crippen molar-refractivity contribution in [3.8, 4) is 34.2 Å². The maximum absolute atomic E-state index is 14.4. The zero-order chi connectivity index (χ0) is 35.7. The maximum atomic E-state index is 14.4. The van der Waals surface area contributed by atoms with Crippen LogP contribution in [0.2, 0.25) is 0 Å². The average molecular weight is 696 g/mol. The Balaban J connectivity index is 1.57. The Morgan fingerprint density at radius 2 is 1.70 bits per heavy atom. The molecule has 50 heavy (non-hydrogen) atoms. The molecule has 3 heterocycles. The Morgan fingerprint density at radius 3 is 2.36 bits per heavy atom. The number of benzene rings is 3. The Labute approximate surface area is 287 Å². The van der Waals surface area contributed by atoms with E-state index in [1.54, 1.807) is 42.1 Å². The molecule has 15 heteroatoms. The van der Waals surface area contributed by atoms with Crippen LogP contribution in [-0.4, -0.2) is 52.5 Å². The summed E-state index contributed by atoms with van der Waals surface area (Å²) in [6.45, 7) is 2.91. The Morgan fingerprint density at radius 1 is 0.980 bits per heavy atom. The minimum atomic E-state index is -0.975. The van der Waals surface area contributed by atoms with Crippen LogP contribution >= 0.6 is 11.3 Å². The number of fused-ring (bicyclic) bond motifs is 1. The first-order chi connectivity index (χ1) is 24.0. The van der Waals surface area contributed by atoms with Crippen molar-refractivity contribution >= 4 is 35.0 Å². The number of esters is 2. The van der Waals surface area contributed by atoms with Gasteiger partial charge in [-0.05, 0) is 55.0 Å². The second kappa shape index (κ2) is 13.6. The van der Waals surface area contributed by atoms with Crippen LogP contribution in [0.1, 0.15) is 31.0 Å². The fraction of sp³-hybridized carbons (Fsp3) is 0.171. The summed E-state index contributed by atoms with van der Waals surface area (Å²) in [6, 6.07) is 17.5. The van der Waals surface area contributed by atoms with E-state index >= 15 is 0 Å². The number of allylic oxidation sites excluding steroid dienone is 1. The van der Waals surface area contributed by atoms with Gasteiger partial charge in [-0.15, -0.1) is 0 Å². The molecule has 0 N–H and O–H groups in total. The van der Waals surface area contributed by atoms with E-state index < -0.39 is 28.5 Å². The number of carbonyl (C=O) groups excluding carboxylic acids is 2. The van der Waals surface area contributed by atoms with Gasteiger partial charge < -0.3 is 18.9 Å². The first kappa shape index (κ1) is 33.5. The molecule has 3 aromatic carbocycles. The van der Waals surface area contributed by atoms with Gasteiger partial charge in [-0.1, -0.05) is 35.6 Å². The van der Waals surface area contributed by atoms with Gasteiger partial charge in [-0.3, -0.25) is 24.3 Å². The number of ether oxygens (including phenoxy) is 4. The monoisotopic (exact) mass is 695 g/mol.